The average Bonchev–Trinajstić information content (AvgIpc) is 2.73. The number of carbonyl (C=O) groups excluding carboxylic acids is 1. The maximum Gasteiger partial charge on any atom is 0.331 e. The number of ketones is 1. The minimum atomic E-state index is -0.972. The van der Waals surface area contributed by atoms with Crippen molar-refractivity contribution in [3.8, 4) is 23.1 Å². The van der Waals surface area contributed by atoms with Crippen molar-refractivity contribution in [1.82, 2.24) is 9.55 Å². The number of carbonyl (C=O) groups is 1. The third-order valence-corrected chi connectivity index (χ3v) is 4.26. The first-order valence-electron chi connectivity index (χ1n) is 8.95. The van der Waals surface area contributed by atoms with Gasteiger partial charge in [-0.3, -0.25) is 19.1 Å². The van der Waals surface area contributed by atoms with Crippen LogP contribution in [-0.2, 0) is 11.3 Å². The molecule has 10 nitrogen and oxygen atoms in total. The van der Waals surface area contributed by atoms with Crippen LogP contribution in [0.2, 0.25) is 0 Å². The number of ether oxygens (including phenoxy) is 4. The Labute approximate surface area is 172 Å². The number of hydrogen-bond donors (Lipinski definition) is 2. The molecule has 0 saturated carbocycles. The normalized spacial score (nSPS) is 10.9. The number of nitrogens with one attached hydrogen (secondary N) is 1. The van der Waals surface area contributed by atoms with Gasteiger partial charge in [0.2, 0.25) is 11.6 Å². The predicted molar refractivity (Wildman–Crippen MR) is 109 cm³/mol. The highest BCUT2D eigenvalue weighted by molar-refractivity contribution is 6.08. The molecule has 2 N–H and O–H groups in total. The van der Waals surface area contributed by atoms with E-state index in [1.807, 2.05) is 4.98 Å². The van der Waals surface area contributed by atoms with E-state index >= 15 is 0 Å². The second-order valence-electron chi connectivity index (χ2n) is 6.11. The van der Waals surface area contributed by atoms with Crippen LogP contribution in [0.15, 0.2) is 27.8 Å². The molecule has 0 atom stereocenters. The highest BCUT2D eigenvalue weighted by Gasteiger charge is 2.19. The largest absolute Gasteiger partial charge is 0.494 e. The molecular formula is C20H24N2O8. The summed E-state index contributed by atoms with van der Waals surface area (Å²) in [6.07, 6.45) is 2.94. The van der Waals surface area contributed by atoms with Gasteiger partial charge in [-0.1, -0.05) is 6.08 Å². The van der Waals surface area contributed by atoms with Gasteiger partial charge in [0, 0.05) is 20.3 Å². The van der Waals surface area contributed by atoms with Gasteiger partial charge in [-0.15, -0.1) is 0 Å². The zero-order valence-electron chi connectivity index (χ0n) is 17.2. The van der Waals surface area contributed by atoms with E-state index in [2.05, 4.69) is 0 Å². The minimum absolute atomic E-state index is 0.0756. The molecular weight excluding hydrogens is 396 g/mol. The van der Waals surface area contributed by atoms with Crippen molar-refractivity contribution >= 4 is 11.9 Å². The Morgan fingerprint density at radius 1 is 1.10 bits per heavy atom. The third-order valence-electron chi connectivity index (χ3n) is 4.26. The summed E-state index contributed by atoms with van der Waals surface area (Å²) in [6.45, 7) is 0.418. The van der Waals surface area contributed by atoms with E-state index in [-0.39, 0.29) is 6.54 Å². The number of benzene rings is 1. The SMILES string of the molecule is COCCCn1c(O)c(C(=O)C=Cc2cc(OC)c(OC)c(OC)c2)c(=O)[nH]c1=O. The van der Waals surface area contributed by atoms with Gasteiger partial charge < -0.3 is 24.1 Å². The van der Waals surface area contributed by atoms with Crippen LogP contribution in [-0.4, -0.2) is 55.5 Å². The average molecular weight is 420 g/mol. The van der Waals surface area contributed by atoms with Crippen molar-refractivity contribution in [2.75, 3.05) is 35.0 Å². The molecule has 0 saturated heterocycles. The number of H-pyrrole nitrogens is 1. The molecule has 1 aromatic heterocycles. The fourth-order valence-corrected chi connectivity index (χ4v) is 2.81. The number of aromatic hydroxyl groups is 1. The first-order valence-corrected chi connectivity index (χ1v) is 8.95. The van der Waals surface area contributed by atoms with E-state index in [0.29, 0.717) is 35.8 Å². The first kappa shape index (κ1) is 22.8. The van der Waals surface area contributed by atoms with Crippen molar-refractivity contribution in [2.24, 2.45) is 0 Å². The molecule has 0 aliphatic rings. The molecule has 0 amide bonds. The summed E-state index contributed by atoms with van der Waals surface area (Å²) < 4.78 is 21.6. The molecule has 0 spiro atoms. The van der Waals surface area contributed by atoms with E-state index in [1.165, 1.54) is 34.5 Å². The van der Waals surface area contributed by atoms with E-state index < -0.39 is 28.5 Å². The monoisotopic (exact) mass is 420 g/mol. The number of aromatic amines is 1. The number of aromatic nitrogens is 2. The van der Waals surface area contributed by atoms with Crippen LogP contribution in [0.5, 0.6) is 23.1 Å². The van der Waals surface area contributed by atoms with E-state index in [0.717, 1.165) is 10.6 Å². The lowest BCUT2D eigenvalue weighted by atomic mass is 10.1. The van der Waals surface area contributed by atoms with Gasteiger partial charge in [0.1, 0.15) is 5.56 Å². The smallest absolute Gasteiger partial charge is 0.331 e. The Morgan fingerprint density at radius 3 is 2.27 bits per heavy atom. The van der Waals surface area contributed by atoms with Crippen LogP contribution >= 0.6 is 0 Å². The van der Waals surface area contributed by atoms with Gasteiger partial charge >= 0.3 is 5.69 Å². The van der Waals surface area contributed by atoms with Gasteiger partial charge in [-0.2, -0.15) is 0 Å². The van der Waals surface area contributed by atoms with Crippen molar-refractivity contribution in [2.45, 2.75) is 13.0 Å². The van der Waals surface area contributed by atoms with E-state index in [9.17, 15) is 19.5 Å². The summed E-state index contributed by atoms with van der Waals surface area (Å²) in [4.78, 5) is 38.7. The Kier molecular flexibility index (Phi) is 7.82. The van der Waals surface area contributed by atoms with Crippen molar-refractivity contribution in [3.05, 3.63) is 50.2 Å². The second kappa shape index (κ2) is 10.3. The number of allylic oxidation sites excluding steroid dienone is 1. The fraction of sp³-hybridized carbons (Fsp3) is 0.350. The maximum absolute atomic E-state index is 12.6. The Hall–Kier alpha value is -3.53. The lowest BCUT2D eigenvalue weighted by molar-refractivity contribution is 0.104. The molecule has 162 valence electrons. The summed E-state index contributed by atoms with van der Waals surface area (Å²) in [6, 6.07) is 3.22. The maximum atomic E-state index is 12.6. The molecule has 2 rings (SSSR count). The fourth-order valence-electron chi connectivity index (χ4n) is 2.81. The summed E-state index contributed by atoms with van der Waals surface area (Å²) in [7, 11) is 5.88. The molecule has 2 aromatic rings. The zero-order valence-corrected chi connectivity index (χ0v) is 17.2. The van der Waals surface area contributed by atoms with Gasteiger partial charge in [0.25, 0.3) is 5.56 Å². The topological polar surface area (TPSA) is 129 Å². The molecule has 0 radical (unpaired) electrons. The summed E-state index contributed by atoms with van der Waals surface area (Å²) in [5.41, 5.74) is -1.78. The van der Waals surface area contributed by atoms with Gasteiger partial charge in [0.15, 0.2) is 17.3 Å². The van der Waals surface area contributed by atoms with Crippen LogP contribution in [0.3, 0.4) is 0 Å². The summed E-state index contributed by atoms with van der Waals surface area (Å²) >= 11 is 0. The molecule has 10 heteroatoms. The minimum Gasteiger partial charge on any atom is -0.494 e. The molecule has 0 aliphatic heterocycles. The number of methoxy groups -OCH3 is 4. The number of rotatable bonds is 10. The van der Waals surface area contributed by atoms with Crippen LogP contribution in [0.1, 0.15) is 22.3 Å². The zero-order chi connectivity index (χ0) is 22.3. The molecule has 0 bridgehead atoms. The van der Waals surface area contributed by atoms with Crippen LogP contribution < -0.4 is 25.5 Å². The lowest BCUT2D eigenvalue weighted by Gasteiger charge is -2.12. The van der Waals surface area contributed by atoms with E-state index in [4.69, 9.17) is 18.9 Å². The number of hydrogen-bond acceptors (Lipinski definition) is 8. The van der Waals surface area contributed by atoms with Gasteiger partial charge in [-0.25, -0.2) is 4.79 Å². The van der Waals surface area contributed by atoms with Crippen LogP contribution in [0, 0.1) is 0 Å². The molecule has 0 unspecified atom stereocenters. The standard InChI is InChI=1S/C20H24N2O8/c1-27-9-5-8-22-19(25)16(18(24)21-20(22)26)13(23)7-6-12-10-14(28-2)17(30-4)15(11-12)29-3/h6-7,10-11,25H,5,8-9H2,1-4H3,(H,21,24,26). The Bertz CT molecular complexity index is 1030. The molecule has 0 aliphatic carbocycles. The molecule has 1 aromatic carbocycles. The Balaban J connectivity index is 2.40. The molecule has 0 fully saturated rings. The Morgan fingerprint density at radius 2 is 1.73 bits per heavy atom. The lowest BCUT2D eigenvalue weighted by Crippen LogP contribution is -2.33. The number of nitrogens with zero attached hydrogens (tertiary/aromatic N) is 1. The predicted octanol–water partition coefficient (Wildman–Crippen LogP) is 1.20. The van der Waals surface area contributed by atoms with Crippen molar-refractivity contribution in [3.63, 3.8) is 0 Å². The molecule has 30 heavy (non-hydrogen) atoms. The van der Waals surface area contributed by atoms with Gasteiger partial charge in [-0.05, 0) is 30.2 Å². The summed E-state index contributed by atoms with van der Waals surface area (Å²) in [5.74, 6) is -0.309. The first-order chi connectivity index (χ1) is 14.4. The van der Waals surface area contributed by atoms with Crippen molar-refractivity contribution < 1.29 is 28.8 Å². The van der Waals surface area contributed by atoms with Crippen LogP contribution in [0.25, 0.3) is 6.08 Å². The summed E-state index contributed by atoms with van der Waals surface area (Å²) in [5, 5.41) is 10.3. The van der Waals surface area contributed by atoms with E-state index in [1.54, 1.807) is 12.1 Å². The van der Waals surface area contributed by atoms with Gasteiger partial charge in [0.05, 0.1) is 21.3 Å². The highest BCUT2D eigenvalue weighted by Crippen LogP contribution is 2.38. The highest BCUT2D eigenvalue weighted by atomic mass is 16.5. The van der Waals surface area contributed by atoms with Crippen LogP contribution in [0.4, 0.5) is 0 Å². The third kappa shape index (κ3) is 4.90. The second-order valence-corrected chi connectivity index (χ2v) is 6.11. The quantitative estimate of drug-likeness (QED) is 0.333. The molecule has 1 heterocycles. The van der Waals surface area contributed by atoms with Crippen molar-refractivity contribution in [1.29, 1.82) is 0 Å².